The lowest BCUT2D eigenvalue weighted by Crippen LogP contribution is -2.21. The number of anilines is 8. The molecule has 0 spiro atoms. The SMILES string of the molecule is Cc1ccc(-n2nc(C(C)(C)C)cc2NC(=O)Nc2ccc(OCc3ccnc(Nc4cnc(C)c(C)n4)c3)c3ccccc23)cc1.Cc1ccc(-n2nc(C(C)(C)C)cc2NC(=O)Oc2ccccc2)cc1.Cc1ncc(Nc2cc(COc3ccc(N)c4ccccc34)ccn2)nc1C. The summed E-state index contributed by atoms with van der Waals surface area (Å²) >= 11 is 0. The summed E-state index contributed by atoms with van der Waals surface area (Å²) in [5.41, 5.74) is 18.4. The third-order valence-corrected chi connectivity index (χ3v) is 16.3. The van der Waals surface area contributed by atoms with Gasteiger partial charge >= 0.3 is 12.1 Å². The highest BCUT2D eigenvalue weighted by Gasteiger charge is 2.24. The van der Waals surface area contributed by atoms with Gasteiger partial charge in [0.2, 0.25) is 0 Å². The second kappa shape index (κ2) is 30.9. The van der Waals surface area contributed by atoms with Gasteiger partial charge in [-0.3, -0.25) is 20.6 Å². The van der Waals surface area contributed by atoms with Crippen LogP contribution in [0.15, 0.2) is 213 Å². The zero-order valence-electron chi connectivity index (χ0n) is 58.7. The molecule has 7 aromatic carbocycles. The Morgan fingerprint density at radius 2 is 0.891 bits per heavy atom. The van der Waals surface area contributed by atoms with Gasteiger partial charge in [-0.05, 0) is 138 Å². The molecule has 0 radical (unpaired) electrons. The summed E-state index contributed by atoms with van der Waals surface area (Å²) in [5.74, 6) is 5.78. The maximum atomic E-state index is 13.4. The second-order valence-electron chi connectivity index (χ2n) is 26.4. The van der Waals surface area contributed by atoms with E-state index < -0.39 is 6.09 Å². The maximum Gasteiger partial charge on any atom is 0.418 e. The number of para-hydroxylation sites is 1. The molecule has 101 heavy (non-hydrogen) atoms. The number of carbonyl (C=O) groups is 2. The smallest absolute Gasteiger partial charge is 0.418 e. The third-order valence-electron chi connectivity index (χ3n) is 16.3. The van der Waals surface area contributed by atoms with Crippen LogP contribution in [-0.4, -0.2) is 61.6 Å². The Morgan fingerprint density at radius 3 is 1.38 bits per heavy atom. The highest BCUT2D eigenvalue weighted by atomic mass is 16.6. The van der Waals surface area contributed by atoms with E-state index in [-0.39, 0.29) is 16.9 Å². The number of amides is 3. The van der Waals surface area contributed by atoms with Gasteiger partial charge in [-0.2, -0.15) is 10.2 Å². The molecule has 6 aromatic heterocycles. The zero-order chi connectivity index (χ0) is 71.4. The molecule has 0 aliphatic heterocycles. The van der Waals surface area contributed by atoms with Crippen LogP contribution in [0.2, 0.25) is 0 Å². The van der Waals surface area contributed by atoms with Crippen LogP contribution in [0.1, 0.15) is 98.0 Å². The fourth-order valence-corrected chi connectivity index (χ4v) is 10.4. The molecule has 0 saturated heterocycles. The predicted octanol–water partition coefficient (Wildman–Crippen LogP) is 18.0. The number of ether oxygens (including phenoxy) is 3. The molecule has 13 rings (SSSR count). The van der Waals surface area contributed by atoms with E-state index in [1.165, 1.54) is 0 Å². The lowest BCUT2D eigenvalue weighted by molar-refractivity contribution is 0.215. The number of aryl methyl sites for hydroxylation is 6. The molecule has 0 bridgehead atoms. The standard InChI is InChI=1S/C37H38N8O2.C22H21N5O.C21H23N3O2/c1-23-11-13-27(14-12-23)45-35(20-32(44-45)37(4,5)6)43-36(46)41-30-15-16-31(29-10-8-7-9-28(29)30)47-22-26-17-18-38-33(19-26)42-34-21-39-24(2)25(3)40-34;1-14-15(2)26-22(12-25-14)27-21-11-16(9-10-24-21)13-28-20-8-7-19(23)17-5-3-4-6-18(17)20;1-15-10-12-16(13-11-15)24-19(14-18(23-24)21(2,3)4)22-20(25)26-17-8-6-5-7-9-17/h7-21H,22H2,1-6H3,(H,38,40,42)(H2,41,43,46);3-12H,13,23H2,1-2H3,(H,24,26,27);5-14H,1-4H3,(H,22,25). The first-order valence-electron chi connectivity index (χ1n) is 33.0. The van der Waals surface area contributed by atoms with Crippen LogP contribution in [0.25, 0.3) is 32.9 Å². The number of nitrogens with two attached hydrogens (primary N) is 1. The molecule has 6 heterocycles. The molecule has 0 fully saturated rings. The number of nitrogens with one attached hydrogen (secondary N) is 5. The van der Waals surface area contributed by atoms with E-state index in [0.29, 0.717) is 65.3 Å². The molecular formula is C80H82N16O5. The Labute approximate surface area is 587 Å². The van der Waals surface area contributed by atoms with Crippen molar-refractivity contribution >= 4 is 80.0 Å². The van der Waals surface area contributed by atoms with Crippen molar-refractivity contribution in [3.8, 4) is 28.6 Å². The average Bonchev–Trinajstić information content (AvgIpc) is 1.80. The van der Waals surface area contributed by atoms with Crippen molar-refractivity contribution in [2.75, 3.05) is 32.3 Å². The topological polar surface area (TPSA) is 261 Å². The monoisotopic (exact) mass is 1350 g/mol. The Morgan fingerprint density at radius 1 is 0.446 bits per heavy atom. The normalized spacial score (nSPS) is 11.2. The molecule has 7 N–H and O–H groups in total. The summed E-state index contributed by atoms with van der Waals surface area (Å²) in [7, 11) is 0. The van der Waals surface area contributed by atoms with E-state index in [1.54, 1.807) is 46.3 Å². The van der Waals surface area contributed by atoms with E-state index >= 15 is 0 Å². The molecule has 3 amide bonds. The number of fused-ring (bicyclic) bond motifs is 2. The summed E-state index contributed by atoms with van der Waals surface area (Å²) in [6.45, 7) is 25.1. The minimum absolute atomic E-state index is 0.143. The fraction of sp³-hybridized carbons (Fsp3) is 0.200. The van der Waals surface area contributed by atoms with Gasteiger partial charge in [-0.1, -0.05) is 144 Å². The number of aromatic nitrogens is 10. The maximum absolute atomic E-state index is 13.4. The number of nitrogens with zero attached hydrogens (tertiary/aromatic N) is 10. The number of urea groups is 1. The van der Waals surface area contributed by atoms with E-state index in [1.807, 2.05) is 217 Å². The first kappa shape index (κ1) is 69.8. The van der Waals surface area contributed by atoms with Crippen LogP contribution in [-0.2, 0) is 24.0 Å². The molecular weight excluding hydrogens is 1260 g/mol. The van der Waals surface area contributed by atoms with Crippen LogP contribution in [0.5, 0.6) is 17.2 Å². The second-order valence-corrected chi connectivity index (χ2v) is 26.4. The lowest BCUT2D eigenvalue weighted by Gasteiger charge is -2.15. The number of hydrogen-bond donors (Lipinski definition) is 6. The van der Waals surface area contributed by atoms with Crippen molar-refractivity contribution in [2.24, 2.45) is 0 Å². The molecule has 21 heteroatoms. The Bertz CT molecular complexity index is 5060. The van der Waals surface area contributed by atoms with Crippen LogP contribution in [0, 0.1) is 41.5 Å². The van der Waals surface area contributed by atoms with Gasteiger partial charge in [0.25, 0.3) is 0 Å². The summed E-state index contributed by atoms with van der Waals surface area (Å²) < 4.78 is 21.2. The van der Waals surface area contributed by atoms with Crippen molar-refractivity contribution in [1.82, 2.24) is 49.5 Å². The van der Waals surface area contributed by atoms with E-state index in [9.17, 15) is 9.59 Å². The first-order valence-corrected chi connectivity index (χ1v) is 33.0. The van der Waals surface area contributed by atoms with Gasteiger partial charge in [0, 0.05) is 62.6 Å². The molecule has 0 unspecified atom stereocenters. The average molecular weight is 1350 g/mol. The Kier molecular flexibility index (Phi) is 21.4. The number of hydrogen-bond acceptors (Lipinski definition) is 16. The van der Waals surface area contributed by atoms with Crippen molar-refractivity contribution < 1.29 is 23.8 Å². The molecule has 0 aliphatic carbocycles. The Hall–Kier alpha value is -12.5. The molecule has 13 aromatic rings. The quantitative estimate of drug-likeness (QED) is 0.0491. The van der Waals surface area contributed by atoms with Crippen LogP contribution in [0.4, 0.5) is 55.9 Å². The summed E-state index contributed by atoms with van der Waals surface area (Å²) in [6.07, 6.45) is 6.32. The predicted molar refractivity (Wildman–Crippen MR) is 402 cm³/mol. The summed E-state index contributed by atoms with van der Waals surface area (Å²) in [4.78, 5) is 52.2. The highest BCUT2D eigenvalue weighted by molar-refractivity contribution is 6.07. The van der Waals surface area contributed by atoms with Gasteiger partial charge in [-0.25, -0.2) is 38.9 Å². The third kappa shape index (κ3) is 18.2. The van der Waals surface area contributed by atoms with E-state index in [2.05, 4.69) is 103 Å². The molecule has 0 atom stereocenters. The van der Waals surface area contributed by atoms with Gasteiger partial charge in [0.1, 0.15) is 65.4 Å². The van der Waals surface area contributed by atoms with Crippen molar-refractivity contribution in [3.63, 3.8) is 0 Å². The molecule has 0 aliphatic rings. The zero-order valence-corrected chi connectivity index (χ0v) is 58.7. The van der Waals surface area contributed by atoms with Gasteiger partial charge < -0.3 is 35.9 Å². The van der Waals surface area contributed by atoms with Crippen LogP contribution in [0.3, 0.4) is 0 Å². The van der Waals surface area contributed by atoms with Crippen molar-refractivity contribution in [2.45, 2.75) is 107 Å². The van der Waals surface area contributed by atoms with E-state index in [0.717, 1.165) is 101 Å². The number of nitrogen functional groups attached to an aromatic ring is 1. The van der Waals surface area contributed by atoms with Crippen LogP contribution >= 0.6 is 0 Å². The van der Waals surface area contributed by atoms with Gasteiger partial charge in [-0.15, -0.1) is 0 Å². The summed E-state index contributed by atoms with van der Waals surface area (Å²) in [5, 5.41) is 28.5. The summed E-state index contributed by atoms with van der Waals surface area (Å²) in [6, 6.07) is 59.4. The molecule has 21 nitrogen and oxygen atoms in total. The number of benzene rings is 7. The Balaban J connectivity index is 0.000000163. The minimum atomic E-state index is -0.551. The number of carbonyl (C=O) groups excluding carboxylic acids is 2. The molecule has 0 saturated carbocycles. The van der Waals surface area contributed by atoms with Crippen molar-refractivity contribution in [1.29, 1.82) is 0 Å². The fourth-order valence-electron chi connectivity index (χ4n) is 10.4. The van der Waals surface area contributed by atoms with Gasteiger partial charge in [0.15, 0.2) is 0 Å². The highest BCUT2D eigenvalue weighted by Crippen LogP contribution is 2.35. The number of pyridine rings is 2. The first-order chi connectivity index (χ1) is 48.5. The van der Waals surface area contributed by atoms with E-state index in [4.69, 9.17) is 25.0 Å². The minimum Gasteiger partial charge on any atom is -0.488 e. The van der Waals surface area contributed by atoms with Gasteiger partial charge in [0.05, 0.1) is 63.6 Å². The number of rotatable bonds is 16. The lowest BCUT2D eigenvalue weighted by atomic mass is 9.92. The molecule has 512 valence electrons. The largest absolute Gasteiger partial charge is 0.488 e. The van der Waals surface area contributed by atoms with Crippen molar-refractivity contribution in [3.05, 3.63) is 269 Å². The van der Waals surface area contributed by atoms with Crippen LogP contribution < -0.4 is 46.5 Å².